The monoisotopic (exact) mass is 667 g/mol. The highest BCUT2D eigenvalue weighted by molar-refractivity contribution is 5.94. The summed E-state index contributed by atoms with van der Waals surface area (Å²) >= 11 is 0. The second-order valence-electron chi connectivity index (χ2n) is 10.2. The molecule has 1 fully saturated rings. The number of nitrogens with one attached hydrogen (secondary N) is 3. The van der Waals surface area contributed by atoms with Crippen molar-refractivity contribution in [2.24, 2.45) is 11.5 Å². The van der Waals surface area contributed by atoms with Crippen molar-refractivity contribution in [2.75, 3.05) is 27.2 Å². The molecular formula is C27H44F3N7O9. The van der Waals surface area contributed by atoms with Gasteiger partial charge in [0.25, 0.3) is 5.91 Å². The van der Waals surface area contributed by atoms with Gasteiger partial charge in [0, 0.05) is 39.1 Å². The molecule has 0 radical (unpaired) electrons. The van der Waals surface area contributed by atoms with E-state index in [0.717, 1.165) is 5.06 Å². The van der Waals surface area contributed by atoms with Crippen LogP contribution in [0.5, 0.6) is 0 Å². The van der Waals surface area contributed by atoms with Gasteiger partial charge in [0.1, 0.15) is 18.1 Å². The lowest BCUT2D eigenvalue weighted by molar-refractivity contribution is -0.192. The number of likely N-dealkylation sites (N-methyl/N-ethyl adjacent to an activating group) is 1. The van der Waals surface area contributed by atoms with E-state index in [2.05, 4.69) is 16.0 Å². The zero-order chi connectivity index (χ0) is 35.6. The largest absolute Gasteiger partial charge is 0.490 e. The molecule has 0 bridgehead atoms. The van der Waals surface area contributed by atoms with Crippen LogP contribution in [0.3, 0.4) is 0 Å². The predicted molar refractivity (Wildman–Crippen MR) is 156 cm³/mol. The van der Waals surface area contributed by atoms with E-state index in [1.54, 1.807) is 0 Å². The van der Waals surface area contributed by atoms with E-state index in [9.17, 15) is 41.9 Å². The second-order valence-corrected chi connectivity index (χ2v) is 10.2. The highest BCUT2D eigenvalue weighted by Crippen LogP contribution is 2.17. The fraction of sp³-hybridized carbons (Fsp3) is 0.667. The standard InChI is InChI=1S/C25H43N7O7.C2HF3O2/c1-16(28-25(38)20-9-7-15-32(20)17(2)33)23(36)30-19(8-5-6-14-26)24(37)29-18(10-12-21(27)34)11-13-22(35)31(3)39-4;3-2(4,5)1(6)7/h11,13,16,18-20H,5-10,12,14-15,26H2,1-4H3,(H2,27,34)(H,28,38)(H,29,37)(H,30,36);(H,6,7)/b13-11+;/t16-,18-,19-,20-;/m0./s1. The minimum Gasteiger partial charge on any atom is -0.475 e. The molecule has 1 heterocycles. The maximum Gasteiger partial charge on any atom is 0.490 e. The van der Waals surface area contributed by atoms with Crippen molar-refractivity contribution in [1.82, 2.24) is 25.9 Å². The second kappa shape index (κ2) is 20.7. The number of rotatable bonds is 16. The Morgan fingerprint density at radius 2 is 1.67 bits per heavy atom. The van der Waals surface area contributed by atoms with Gasteiger partial charge in [-0.3, -0.25) is 33.6 Å². The van der Waals surface area contributed by atoms with Gasteiger partial charge in [0.05, 0.1) is 7.11 Å². The summed E-state index contributed by atoms with van der Waals surface area (Å²) in [6, 6.07) is -3.31. The maximum absolute atomic E-state index is 13.2. The minimum absolute atomic E-state index is 0.0463. The number of alkyl halides is 3. The minimum atomic E-state index is -5.08. The molecule has 0 aromatic heterocycles. The predicted octanol–water partition coefficient (Wildman–Crippen LogP) is -0.925. The summed E-state index contributed by atoms with van der Waals surface area (Å²) in [5.74, 6) is -5.58. The molecule has 16 nitrogen and oxygen atoms in total. The third-order valence-corrected chi connectivity index (χ3v) is 6.62. The van der Waals surface area contributed by atoms with Crippen LogP contribution >= 0.6 is 0 Å². The van der Waals surface area contributed by atoms with Crippen molar-refractivity contribution < 1.29 is 56.7 Å². The number of amides is 6. The van der Waals surface area contributed by atoms with Crippen molar-refractivity contribution >= 4 is 41.4 Å². The van der Waals surface area contributed by atoms with E-state index in [1.807, 2.05) is 0 Å². The Morgan fingerprint density at radius 1 is 1.07 bits per heavy atom. The number of nitrogens with zero attached hydrogens (tertiary/aromatic N) is 2. The lowest BCUT2D eigenvalue weighted by Crippen LogP contribution is -2.56. The zero-order valence-electron chi connectivity index (χ0n) is 26.2. The van der Waals surface area contributed by atoms with Crippen LogP contribution in [0.25, 0.3) is 0 Å². The van der Waals surface area contributed by atoms with Crippen LogP contribution < -0.4 is 27.4 Å². The molecule has 8 N–H and O–H groups in total. The zero-order valence-corrected chi connectivity index (χ0v) is 26.2. The molecule has 1 rings (SSSR count). The summed E-state index contributed by atoms with van der Waals surface area (Å²) in [6.45, 7) is 3.77. The molecule has 19 heteroatoms. The average Bonchev–Trinajstić information content (AvgIpc) is 3.48. The number of likely N-dealkylation sites (tertiary alicyclic amines) is 1. The van der Waals surface area contributed by atoms with Crippen LogP contribution in [0.2, 0.25) is 0 Å². The number of carbonyl (C=O) groups excluding carboxylic acids is 6. The van der Waals surface area contributed by atoms with Gasteiger partial charge in [-0.1, -0.05) is 6.08 Å². The van der Waals surface area contributed by atoms with E-state index < -0.39 is 65.8 Å². The molecule has 0 spiro atoms. The van der Waals surface area contributed by atoms with Crippen LogP contribution in [-0.2, 0) is 38.4 Å². The normalized spacial score (nSPS) is 16.3. The van der Waals surface area contributed by atoms with E-state index in [1.165, 1.54) is 45.1 Å². The third kappa shape index (κ3) is 16.2. The van der Waals surface area contributed by atoms with Crippen LogP contribution in [0, 0.1) is 0 Å². The van der Waals surface area contributed by atoms with Crippen molar-refractivity contribution in [2.45, 2.75) is 89.1 Å². The fourth-order valence-corrected chi connectivity index (χ4v) is 4.04. The van der Waals surface area contributed by atoms with E-state index in [-0.39, 0.29) is 25.2 Å². The topological polar surface area (TPSA) is 244 Å². The summed E-state index contributed by atoms with van der Waals surface area (Å²) in [5, 5.41) is 16.1. The maximum atomic E-state index is 13.2. The number of carboxylic acid groups (broad SMARTS) is 1. The first-order valence-electron chi connectivity index (χ1n) is 14.3. The number of carbonyl (C=O) groups is 7. The first-order chi connectivity index (χ1) is 21.3. The molecular weight excluding hydrogens is 623 g/mol. The molecule has 1 aliphatic rings. The Hall–Kier alpha value is -4.26. The highest BCUT2D eigenvalue weighted by Gasteiger charge is 2.38. The lowest BCUT2D eigenvalue weighted by Gasteiger charge is -2.26. The average molecular weight is 668 g/mol. The molecule has 1 saturated heterocycles. The molecule has 262 valence electrons. The number of hydrogen-bond acceptors (Lipinski definition) is 9. The van der Waals surface area contributed by atoms with Gasteiger partial charge < -0.3 is 37.4 Å². The van der Waals surface area contributed by atoms with Gasteiger partial charge in [0.15, 0.2) is 0 Å². The van der Waals surface area contributed by atoms with Crippen LogP contribution in [0.4, 0.5) is 13.2 Å². The molecule has 4 atom stereocenters. The smallest absolute Gasteiger partial charge is 0.475 e. The van der Waals surface area contributed by atoms with Gasteiger partial charge in [-0.2, -0.15) is 13.2 Å². The Kier molecular flexibility index (Phi) is 18.8. The summed E-state index contributed by atoms with van der Waals surface area (Å²) < 4.78 is 31.7. The SMILES string of the molecule is CON(C)C(=O)/C=C/[C@H](CCC(N)=O)NC(=O)[C@H](CCCCN)NC(=O)[C@H](C)NC(=O)[C@@H]1CCCN1C(C)=O.O=C(O)C(F)(F)F. The van der Waals surface area contributed by atoms with Crippen molar-refractivity contribution in [3.8, 4) is 0 Å². The van der Waals surface area contributed by atoms with Gasteiger partial charge in [-0.05, 0) is 52.0 Å². The van der Waals surface area contributed by atoms with Crippen molar-refractivity contribution in [3.05, 3.63) is 12.2 Å². The number of unbranched alkanes of at least 4 members (excludes halogenated alkanes) is 1. The third-order valence-electron chi connectivity index (χ3n) is 6.62. The molecule has 0 aromatic carbocycles. The lowest BCUT2D eigenvalue weighted by atomic mass is 10.1. The number of carboxylic acids is 1. The Balaban J connectivity index is 0.00000258. The highest BCUT2D eigenvalue weighted by atomic mass is 19.4. The Bertz CT molecular complexity index is 1110. The number of hydrogen-bond donors (Lipinski definition) is 6. The molecule has 6 amide bonds. The molecule has 0 aliphatic carbocycles. The number of primary amides is 1. The van der Waals surface area contributed by atoms with Gasteiger partial charge in [-0.15, -0.1) is 0 Å². The summed E-state index contributed by atoms with van der Waals surface area (Å²) in [6.07, 6.45) is 0.258. The van der Waals surface area contributed by atoms with Crippen molar-refractivity contribution in [1.29, 1.82) is 0 Å². The van der Waals surface area contributed by atoms with Gasteiger partial charge in [-0.25, -0.2) is 9.86 Å². The van der Waals surface area contributed by atoms with Gasteiger partial charge >= 0.3 is 12.1 Å². The molecule has 0 aromatic rings. The Labute approximate surface area is 264 Å². The van der Waals surface area contributed by atoms with E-state index in [4.69, 9.17) is 26.2 Å². The number of aliphatic carboxylic acids is 1. The quantitative estimate of drug-likeness (QED) is 0.0671. The van der Waals surface area contributed by atoms with Crippen LogP contribution in [0.1, 0.15) is 58.8 Å². The summed E-state index contributed by atoms with van der Waals surface area (Å²) in [4.78, 5) is 89.2. The van der Waals surface area contributed by atoms with E-state index >= 15 is 0 Å². The first kappa shape index (κ1) is 41.7. The molecule has 0 unspecified atom stereocenters. The number of halogens is 3. The first-order valence-corrected chi connectivity index (χ1v) is 14.3. The van der Waals surface area contributed by atoms with E-state index in [0.29, 0.717) is 38.8 Å². The molecule has 1 aliphatic heterocycles. The van der Waals surface area contributed by atoms with Crippen LogP contribution in [0.15, 0.2) is 12.2 Å². The number of nitrogens with two attached hydrogens (primary N) is 2. The number of hydroxylamine groups is 2. The molecule has 0 saturated carbocycles. The Morgan fingerprint density at radius 3 is 2.17 bits per heavy atom. The van der Waals surface area contributed by atoms with Gasteiger partial charge in [0.2, 0.25) is 29.5 Å². The molecule has 46 heavy (non-hydrogen) atoms. The van der Waals surface area contributed by atoms with Crippen molar-refractivity contribution in [3.63, 3.8) is 0 Å². The summed E-state index contributed by atoms with van der Waals surface area (Å²) in [5.41, 5.74) is 10.8. The van der Waals surface area contributed by atoms with Crippen LogP contribution in [-0.4, -0.2) is 114 Å². The summed E-state index contributed by atoms with van der Waals surface area (Å²) in [7, 11) is 2.74. The fourth-order valence-electron chi connectivity index (χ4n) is 4.04.